The van der Waals surface area contributed by atoms with E-state index in [0.717, 1.165) is 71.1 Å². The van der Waals surface area contributed by atoms with E-state index >= 15 is 0 Å². The first-order valence-corrected chi connectivity index (χ1v) is 22.3. The van der Waals surface area contributed by atoms with E-state index < -0.39 is 0 Å². The minimum absolute atomic E-state index is 0.0203. The molecule has 0 unspecified atom stereocenters. The summed E-state index contributed by atoms with van der Waals surface area (Å²) in [4.78, 5) is 62.5. The second-order valence-electron chi connectivity index (χ2n) is 14.7. The van der Waals surface area contributed by atoms with Gasteiger partial charge in [-0.05, 0) is 87.1 Å². The Morgan fingerprint density at radius 2 is 0.935 bits per heavy atom. The molecule has 2 atom stereocenters. The smallest absolute Gasteiger partial charge is 0.337 e. The third kappa shape index (κ3) is 11.1. The summed E-state index contributed by atoms with van der Waals surface area (Å²) >= 11 is 3.09. The number of ether oxygens (including phenoxy) is 4. The maximum Gasteiger partial charge on any atom is 0.337 e. The summed E-state index contributed by atoms with van der Waals surface area (Å²) in [7, 11) is 2.73. The molecule has 4 heterocycles. The van der Waals surface area contributed by atoms with Crippen molar-refractivity contribution in [2.24, 2.45) is 0 Å². The van der Waals surface area contributed by atoms with E-state index in [0.29, 0.717) is 35.7 Å². The zero-order valence-corrected chi connectivity index (χ0v) is 36.3. The van der Waals surface area contributed by atoms with Crippen molar-refractivity contribution in [3.63, 3.8) is 0 Å². The Morgan fingerprint density at radius 3 is 1.31 bits per heavy atom. The van der Waals surface area contributed by atoms with Gasteiger partial charge in [-0.15, -0.1) is 22.7 Å². The van der Waals surface area contributed by atoms with Crippen LogP contribution in [-0.2, 0) is 19.1 Å². The number of rotatable bonds is 12. The van der Waals surface area contributed by atoms with Crippen LogP contribution in [0.4, 0.5) is 0 Å². The van der Waals surface area contributed by atoms with Crippen LogP contribution in [-0.4, -0.2) is 84.0 Å². The topological polar surface area (TPSA) is 137 Å². The zero-order valence-electron chi connectivity index (χ0n) is 34.6. The molecule has 0 radical (unpaired) electrons. The molecule has 8 rings (SSSR count). The maximum atomic E-state index is 12.9. The molecule has 14 heteroatoms. The molecule has 0 aliphatic carbocycles. The van der Waals surface area contributed by atoms with Gasteiger partial charge in [-0.2, -0.15) is 0 Å². The van der Waals surface area contributed by atoms with Crippen molar-refractivity contribution in [3.8, 4) is 32.6 Å². The van der Waals surface area contributed by atoms with Crippen molar-refractivity contribution in [3.05, 3.63) is 142 Å². The lowest BCUT2D eigenvalue weighted by molar-refractivity contribution is -0.138. The number of carbonyl (C=O) groups is 4. The Balaban J connectivity index is 0.000000186. The van der Waals surface area contributed by atoms with Crippen molar-refractivity contribution < 1.29 is 38.1 Å². The first-order chi connectivity index (χ1) is 30.3. The lowest BCUT2D eigenvalue weighted by atomic mass is 10.00. The molecule has 2 fully saturated rings. The van der Waals surface area contributed by atoms with Gasteiger partial charge in [0.05, 0.1) is 48.8 Å². The quantitative estimate of drug-likeness (QED) is 0.109. The predicted molar refractivity (Wildman–Crippen MR) is 238 cm³/mol. The van der Waals surface area contributed by atoms with Crippen LogP contribution in [0.1, 0.15) is 82.7 Å². The van der Waals surface area contributed by atoms with E-state index in [1.165, 1.54) is 14.2 Å². The van der Waals surface area contributed by atoms with Crippen LogP contribution in [0.15, 0.2) is 120 Å². The molecular weight excluding hydrogens is 825 g/mol. The average Bonchev–Trinajstić information content (AvgIpc) is 4.05. The Bertz CT molecular complexity index is 2240. The maximum absolute atomic E-state index is 12.9. The summed E-state index contributed by atoms with van der Waals surface area (Å²) in [5.74, 6) is 0.614. The largest absolute Gasteiger partial charge is 0.484 e. The number of aromatic nitrogens is 2. The number of amides is 2. The third-order valence-electron chi connectivity index (χ3n) is 10.7. The summed E-state index contributed by atoms with van der Waals surface area (Å²) < 4.78 is 20.8. The van der Waals surface area contributed by atoms with Gasteiger partial charge in [0, 0.05) is 35.0 Å². The van der Waals surface area contributed by atoms with Crippen LogP contribution < -0.4 is 9.47 Å². The molecule has 4 aromatic carbocycles. The highest BCUT2D eigenvalue weighted by molar-refractivity contribution is 7.13. The number of methoxy groups -OCH3 is 2. The second-order valence-corrected chi connectivity index (χ2v) is 16.4. The van der Waals surface area contributed by atoms with Crippen LogP contribution in [0.25, 0.3) is 21.1 Å². The van der Waals surface area contributed by atoms with E-state index in [2.05, 4.69) is 0 Å². The molecule has 0 spiro atoms. The molecule has 6 aromatic rings. The Labute approximate surface area is 369 Å². The predicted octanol–water partition coefficient (Wildman–Crippen LogP) is 9.46. The number of benzene rings is 4. The molecule has 320 valence electrons. The zero-order chi connectivity index (χ0) is 43.3. The van der Waals surface area contributed by atoms with Gasteiger partial charge >= 0.3 is 11.9 Å². The number of nitrogens with zero attached hydrogens (tertiary/aromatic N) is 4. The van der Waals surface area contributed by atoms with Gasteiger partial charge in [-0.1, -0.05) is 60.7 Å². The third-order valence-corrected chi connectivity index (χ3v) is 12.5. The van der Waals surface area contributed by atoms with Crippen molar-refractivity contribution in [2.75, 3.05) is 40.5 Å². The standard InChI is InChI=1S/2C24H24N2O4S/c2*1-29-24(28)18-12-10-17(11-13-18)23-25-20(16-31-23)21-9-5-6-14-26(21)22(27)15-30-19-7-3-2-4-8-19/h2*2-4,7-8,10-13,16,21H,5-6,9,14-15H2,1H3/t2*21-/m11/s1. The average molecular weight is 873 g/mol. The highest BCUT2D eigenvalue weighted by atomic mass is 32.1. The number of carbonyl (C=O) groups excluding carboxylic acids is 4. The number of para-hydroxylation sites is 2. The van der Waals surface area contributed by atoms with Gasteiger partial charge in [0.25, 0.3) is 11.8 Å². The van der Waals surface area contributed by atoms with E-state index in [-0.39, 0.29) is 49.1 Å². The summed E-state index contributed by atoms with van der Waals surface area (Å²) in [6, 6.07) is 33.1. The molecule has 0 saturated carbocycles. The summed E-state index contributed by atoms with van der Waals surface area (Å²) in [5.41, 5.74) is 4.70. The van der Waals surface area contributed by atoms with E-state index in [4.69, 9.17) is 28.9 Å². The number of thiazole rings is 2. The second kappa shape index (κ2) is 21.4. The first kappa shape index (κ1) is 43.7. The molecule has 2 aliphatic heterocycles. The minimum atomic E-state index is -0.361. The summed E-state index contributed by atoms with van der Waals surface area (Å²) in [5, 5.41) is 5.78. The number of piperidine rings is 2. The minimum Gasteiger partial charge on any atom is -0.484 e. The van der Waals surface area contributed by atoms with Gasteiger partial charge in [0.2, 0.25) is 0 Å². The molecule has 12 nitrogen and oxygen atoms in total. The van der Waals surface area contributed by atoms with Crippen molar-refractivity contribution >= 4 is 46.4 Å². The Morgan fingerprint density at radius 1 is 0.548 bits per heavy atom. The highest BCUT2D eigenvalue weighted by Crippen LogP contribution is 2.36. The SMILES string of the molecule is COC(=O)c1ccc(-c2nc([C@H]3CCCCN3C(=O)COc3ccccc3)cs2)cc1.COC(=O)c1ccc(-c2nc([C@H]3CCCCN3C(=O)COc3ccccc3)cs2)cc1. The Hall–Kier alpha value is -6.38. The van der Waals surface area contributed by atoms with Crippen molar-refractivity contribution in [1.29, 1.82) is 0 Å². The van der Waals surface area contributed by atoms with Crippen molar-refractivity contribution in [1.82, 2.24) is 19.8 Å². The molecule has 2 aliphatic rings. The van der Waals surface area contributed by atoms with Gasteiger partial charge in [0.15, 0.2) is 13.2 Å². The summed E-state index contributed by atoms with van der Waals surface area (Å²) in [6.07, 6.45) is 5.88. The van der Waals surface area contributed by atoms with Crippen molar-refractivity contribution in [2.45, 2.75) is 50.6 Å². The van der Waals surface area contributed by atoms with E-state index in [1.807, 2.05) is 105 Å². The number of hydrogen-bond acceptors (Lipinski definition) is 12. The van der Waals surface area contributed by atoms with Gasteiger partial charge in [-0.3, -0.25) is 9.59 Å². The fourth-order valence-corrected chi connectivity index (χ4v) is 9.19. The molecule has 0 bridgehead atoms. The van der Waals surface area contributed by atoms with Crippen LogP contribution in [0, 0.1) is 0 Å². The number of hydrogen-bond donors (Lipinski definition) is 0. The molecule has 2 aromatic heterocycles. The fraction of sp³-hybridized carbons (Fsp3) is 0.292. The Kier molecular flexibility index (Phi) is 15.1. The van der Waals surface area contributed by atoms with Gasteiger partial charge in [0.1, 0.15) is 21.5 Å². The molecular formula is C48H48N4O8S2. The lowest BCUT2D eigenvalue weighted by Gasteiger charge is -2.34. The van der Waals surface area contributed by atoms with Crippen LogP contribution in [0.2, 0.25) is 0 Å². The molecule has 62 heavy (non-hydrogen) atoms. The highest BCUT2D eigenvalue weighted by Gasteiger charge is 2.31. The lowest BCUT2D eigenvalue weighted by Crippen LogP contribution is -2.41. The molecule has 2 saturated heterocycles. The van der Waals surface area contributed by atoms with Crippen LogP contribution in [0.5, 0.6) is 11.5 Å². The molecule has 0 N–H and O–H groups in total. The monoisotopic (exact) mass is 872 g/mol. The summed E-state index contributed by atoms with van der Waals surface area (Å²) in [6.45, 7) is 1.46. The van der Waals surface area contributed by atoms with E-state index in [9.17, 15) is 19.2 Å². The fourth-order valence-electron chi connectivity index (χ4n) is 7.44. The van der Waals surface area contributed by atoms with E-state index in [1.54, 1.807) is 46.9 Å². The van der Waals surface area contributed by atoms with Crippen LogP contribution >= 0.6 is 22.7 Å². The van der Waals surface area contributed by atoms with Gasteiger partial charge in [-0.25, -0.2) is 19.6 Å². The number of esters is 2. The number of likely N-dealkylation sites (tertiary alicyclic amines) is 2. The van der Waals surface area contributed by atoms with Crippen LogP contribution in [0.3, 0.4) is 0 Å². The first-order valence-electron chi connectivity index (χ1n) is 20.5. The van der Waals surface area contributed by atoms with Gasteiger partial charge < -0.3 is 28.7 Å². The molecule has 2 amide bonds. The normalized spacial score (nSPS) is 16.0.